The van der Waals surface area contributed by atoms with E-state index in [0.717, 1.165) is 31.0 Å². The summed E-state index contributed by atoms with van der Waals surface area (Å²) >= 11 is 1.94. The summed E-state index contributed by atoms with van der Waals surface area (Å²) in [5.74, 6) is 2.18. The number of urea groups is 1. The number of likely N-dealkylation sites (N-methyl/N-ethyl adjacent to an activating group) is 1. The molecule has 0 aromatic rings. The maximum absolute atomic E-state index is 12.0. The van der Waals surface area contributed by atoms with Gasteiger partial charge >= 0.3 is 6.03 Å². The SMILES string of the molecule is C=CCNC(=O)N1CCCSCC1CN(C)C. The maximum atomic E-state index is 12.0. The van der Waals surface area contributed by atoms with Crippen LogP contribution in [0.1, 0.15) is 6.42 Å². The maximum Gasteiger partial charge on any atom is 0.317 e. The first-order valence-electron chi connectivity index (χ1n) is 6.03. The van der Waals surface area contributed by atoms with Gasteiger partial charge in [0.2, 0.25) is 0 Å². The minimum absolute atomic E-state index is 0.0410. The zero-order chi connectivity index (χ0) is 12.7. The van der Waals surface area contributed by atoms with Crippen molar-refractivity contribution >= 4 is 17.8 Å². The van der Waals surface area contributed by atoms with E-state index < -0.39 is 0 Å². The predicted molar refractivity (Wildman–Crippen MR) is 74.6 cm³/mol. The van der Waals surface area contributed by atoms with E-state index in [2.05, 4.69) is 30.9 Å². The van der Waals surface area contributed by atoms with Crippen LogP contribution < -0.4 is 5.32 Å². The number of carbonyl (C=O) groups is 1. The number of hydrogen-bond acceptors (Lipinski definition) is 3. The van der Waals surface area contributed by atoms with Crippen molar-refractivity contribution in [2.45, 2.75) is 12.5 Å². The minimum Gasteiger partial charge on any atom is -0.335 e. The predicted octanol–water partition coefficient (Wildman–Crippen LogP) is 1.25. The molecule has 0 aromatic carbocycles. The Balaban J connectivity index is 2.60. The van der Waals surface area contributed by atoms with Crippen LogP contribution in [0.2, 0.25) is 0 Å². The highest BCUT2D eigenvalue weighted by atomic mass is 32.2. The third-order valence-corrected chi connectivity index (χ3v) is 3.87. The van der Waals surface area contributed by atoms with Crippen molar-refractivity contribution in [2.24, 2.45) is 0 Å². The van der Waals surface area contributed by atoms with Crippen LogP contribution in [0, 0.1) is 0 Å². The fraction of sp³-hybridized carbons (Fsp3) is 0.750. The number of hydrogen-bond donors (Lipinski definition) is 1. The van der Waals surface area contributed by atoms with Gasteiger partial charge in [-0.15, -0.1) is 6.58 Å². The zero-order valence-corrected chi connectivity index (χ0v) is 11.6. The van der Waals surface area contributed by atoms with Gasteiger partial charge in [0, 0.05) is 25.4 Å². The molecule has 1 heterocycles. The van der Waals surface area contributed by atoms with Crippen molar-refractivity contribution in [3.05, 3.63) is 12.7 Å². The summed E-state index contributed by atoms with van der Waals surface area (Å²) in [5, 5.41) is 2.87. The second-order valence-corrected chi connectivity index (χ2v) is 5.66. The Kier molecular flexibility index (Phi) is 6.44. The van der Waals surface area contributed by atoms with Gasteiger partial charge in [-0.1, -0.05) is 6.08 Å². The molecule has 0 radical (unpaired) electrons. The standard InChI is InChI=1S/C12H23N3OS/c1-4-6-13-12(16)15-7-5-8-17-10-11(15)9-14(2)3/h4,11H,1,5-10H2,2-3H3,(H,13,16). The van der Waals surface area contributed by atoms with Gasteiger partial charge in [-0.2, -0.15) is 11.8 Å². The summed E-state index contributed by atoms with van der Waals surface area (Å²) in [5.41, 5.74) is 0. The second-order valence-electron chi connectivity index (χ2n) is 4.51. The van der Waals surface area contributed by atoms with E-state index in [1.54, 1.807) is 6.08 Å². The number of amides is 2. The summed E-state index contributed by atoms with van der Waals surface area (Å²) in [4.78, 5) is 16.2. The van der Waals surface area contributed by atoms with Crippen LogP contribution in [0.3, 0.4) is 0 Å². The Hall–Kier alpha value is -0.680. The molecule has 1 N–H and O–H groups in total. The lowest BCUT2D eigenvalue weighted by Crippen LogP contribution is -2.50. The number of rotatable bonds is 4. The number of carbonyl (C=O) groups excluding carboxylic acids is 1. The molecular weight excluding hydrogens is 234 g/mol. The molecule has 1 fully saturated rings. The highest BCUT2D eigenvalue weighted by Gasteiger charge is 2.25. The summed E-state index contributed by atoms with van der Waals surface area (Å²) in [6.45, 7) is 5.94. The lowest BCUT2D eigenvalue weighted by atomic mass is 10.2. The summed E-state index contributed by atoms with van der Waals surface area (Å²) < 4.78 is 0. The molecule has 0 aromatic heterocycles. The molecule has 0 saturated carbocycles. The lowest BCUT2D eigenvalue weighted by Gasteiger charge is -2.31. The number of thioether (sulfide) groups is 1. The van der Waals surface area contributed by atoms with E-state index >= 15 is 0 Å². The van der Waals surface area contributed by atoms with Gasteiger partial charge in [0.05, 0.1) is 6.04 Å². The van der Waals surface area contributed by atoms with Crippen LogP contribution in [-0.2, 0) is 0 Å². The first-order chi connectivity index (χ1) is 8.15. The van der Waals surface area contributed by atoms with Crippen LogP contribution in [-0.4, -0.2) is 67.1 Å². The van der Waals surface area contributed by atoms with E-state index in [0.29, 0.717) is 12.6 Å². The van der Waals surface area contributed by atoms with E-state index in [1.165, 1.54) is 0 Å². The fourth-order valence-corrected chi connectivity index (χ4v) is 2.99. The van der Waals surface area contributed by atoms with Crippen molar-refractivity contribution in [3.8, 4) is 0 Å². The first kappa shape index (κ1) is 14.4. The minimum atomic E-state index is 0.0410. The molecule has 0 spiro atoms. The Morgan fingerprint density at radius 1 is 1.65 bits per heavy atom. The summed E-state index contributed by atoms with van der Waals surface area (Å²) in [6, 6.07) is 0.349. The molecule has 1 unspecified atom stereocenters. The second kappa shape index (κ2) is 7.61. The van der Waals surface area contributed by atoms with E-state index in [4.69, 9.17) is 0 Å². The molecule has 1 rings (SSSR count). The van der Waals surface area contributed by atoms with Crippen LogP contribution in [0.15, 0.2) is 12.7 Å². The Labute approximate surface area is 108 Å². The Bertz CT molecular complexity index is 258. The molecule has 98 valence electrons. The van der Waals surface area contributed by atoms with Gasteiger partial charge in [-0.3, -0.25) is 0 Å². The summed E-state index contributed by atoms with van der Waals surface area (Å²) in [6.07, 6.45) is 2.79. The van der Waals surface area contributed by atoms with Gasteiger partial charge in [-0.25, -0.2) is 4.79 Å². The molecule has 4 nitrogen and oxygen atoms in total. The largest absolute Gasteiger partial charge is 0.335 e. The quantitative estimate of drug-likeness (QED) is 0.770. The normalized spacial score (nSPS) is 21.1. The van der Waals surface area contributed by atoms with Crippen molar-refractivity contribution in [3.63, 3.8) is 0 Å². The highest BCUT2D eigenvalue weighted by Crippen LogP contribution is 2.16. The Morgan fingerprint density at radius 3 is 3.06 bits per heavy atom. The van der Waals surface area contributed by atoms with E-state index in [1.807, 2.05) is 16.7 Å². The van der Waals surface area contributed by atoms with Crippen LogP contribution in [0.25, 0.3) is 0 Å². The molecule has 2 amide bonds. The van der Waals surface area contributed by atoms with Crippen LogP contribution >= 0.6 is 11.8 Å². The fourth-order valence-electron chi connectivity index (χ4n) is 1.93. The third-order valence-electron chi connectivity index (χ3n) is 2.67. The average Bonchev–Trinajstić information content (AvgIpc) is 2.50. The van der Waals surface area contributed by atoms with Crippen molar-refractivity contribution in [1.82, 2.24) is 15.1 Å². The average molecular weight is 257 g/mol. The number of nitrogens with zero attached hydrogens (tertiary/aromatic N) is 2. The van der Waals surface area contributed by atoms with Gasteiger partial charge in [0.1, 0.15) is 0 Å². The molecule has 5 heteroatoms. The monoisotopic (exact) mass is 257 g/mol. The molecule has 0 aliphatic carbocycles. The van der Waals surface area contributed by atoms with Gasteiger partial charge in [0.25, 0.3) is 0 Å². The molecular formula is C12H23N3OS. The smallest absolute Gasteiger partial charge is 0.317 e. The first-order valence-corrected chi connectivity index (χ1v) is 7.18. The summed E-state index contributed by atoms with van der Waals surface area (Å²) in [7, 11) is 4.10. The van der Waals surface area contributed by atoms with Crippen molar-refractivity contribution in [1.29, 1.82) is 0 Å². The van der Waals surface area contributed by atoms with E-state index in [9.17, 15) is 4.79 Å². The lowest BCUT2D eigenvalue weighted by molar-refractivity contribution is 0.169. The molecule has 0 bridgehead atoms. The van der Waals surface area contributed by atoms with Crippen LogP contribution in [0.5, 0.6) is 0 Å². The van der Waals surface area contributed by atoms with Gasteiger partial charge in [-0.05, 0) is 26.3 Å². The van der Waals surface area contributed by atoms with Crippen molar-refractivity contribution < 1.29 is 4.79 Å². The molecule has 1 aliphatic heterocycles. The molecule has 17 heavy (non-hydrogen) atoms. The van der Waals surface area contributed by atoms with Gasteiger partial charge < -0.3 is 15.1 Å². The third kappa shape index (κ3) is 5.00. The molecule has 1 atom stereocenters. The Morgan fingerprint density at radius 2 is 2.41 bits per heavy atom. The highest BCUT2D eigenvalue weighted by molar-refractivity contribution is 7.99. The van der Waals surface area contributed by atoms with Gasteiger partial charge in [0.15, 0.2) is 0 Å². The molecule has 1 saturated heterocycles. The number of nitrogens with one attached hydrogen (secondary N) is 1. The zero-order valence-electron chi connectivity index (χ0n) is 10.8. The van der Waals surface area contributed by atoms with Crippen molar-refractivity contribution in [2.75, 3.05) is 45.2 Å². The van der Waals surface area contributed by atoms with E-state index in [-0.39, 0.29) is 6.03 Å². The topological polar surface area (TPSA) is 35.6 Å². The van der Waals surface area contributed by atoms with Crippen LogP contribution in [0.4, 0.5) is 4.79 Å². The molecule has 1 aliphatic rings.